The van der Waals surface area contributed by atoms with Gasteiger partial charge in [-0.15, -0.1) is 0 Å². The van der Waals surface area contributed by atoms with E-state index in [4.69, 9.17) is 22.4 Å². The molecule has 1 rings (SSSR count). The monoisotopic (exact) mass is 751 g/mol. The number of halogens is 1. The van der Waals surface area contributed by atoms with Gasteiger partial charge in [0, 0.05) is 23.1 Å². The Morgan fingerprint density at radius 1 is 1.08 bits per heavy atom. The molecule has 0 aromatic heterocycles. The van der Waals surface area contributed by atoms with Gasteiger partial charge in [0.2, 0.25) is 0 Å². The summed E-state index contributed by atoms with van der Waals surface area (Å²) in [6.07, 6.45) is 30.2. The maximum Gasteiger partial charge on any atom is 0.303 e. The van der Waals surface area contributed by atoms with Crippen molar-refractivity contribution in [1.29, 1.82) is 0 Å². The van der Waals surface area contributed by atoms with E-state index >= 15 is 0 Å². The summed E-state index contributed by atoms with van der Waals surface area (Å²) in [6, 6.07) is -0.105. The van der Waals surface area contributed by atoms with Crippen LogP contribution in [0.15, 0.2) is 131 Å². The second-order valence-electron chi connectivity index (χ2n) is 13.4. The average Bonchev–Trinajstić information content (AvgIpc) is 3.33. The van der Waals surface area contributed by atoms with E-state index in [1.807, 2.05) is 129 Å². The highest BCUT2D eigenvalue weighted by Gasteiger charge is 2.22. The Morgan fingerprint density at radius 3 is 2.19 bits per heavy atom. The third-order valence-electron chi connectivity index (χ3n) is 7.13. The topological polar surface area (TPSA) is 83.5 Å². The molecule has 0 aromatic carbocycles. The first-order chi connectivity index (χ1) is 24.3. The van der Waals surface area contributed by atoms with E-state index in [0.717, 1.165) is 59.4 Å². The van der Waals surface area contributed by atoms with Crippen molar-refractivity contribution in [2.75, 3.05) is 5.75 Å². The van der Waals surface area contributed by atoms with Crippen molar-refractivity contribution in [2.45, 2.75) is 126 Å². The molecule has 0 radical (unpaired) electrons. The molecule has 0 spiro atoms. The molecule has 0 amide bonds. The van der Waals surface area contributed by atoms with E-state index in [9.17, 15) is 9.90 Å². The molecule has 52 heavy (non-hydrogen) atoms. The van der Waals surface area contributed by atoms with Crippen molar-refractivity contribution in [1.82, 2.24) is 0 Å². The van der Waals surface area contributed by atoms with Gasteiger partial charge in [-0.3, -0.25) is 4.79 Å². The number of carboxylic acids is 1. The molecule has 0 fully saturated rings. The van der Waals surface area contributed by atoms with Crippen molar-refractivity contribution < 1.29 is 15.0 Å². The number of rotatable bonds is 15. The minimum absolute atomic E-state index is 0.105. The predicted molar refractivity (Wildman–Crippen MR) is 236 cm³/mol. The lowest BCUT2D eigenvalue weighted by Gasteiger charge is -2.24. The van der Waals surface area contributed by atoms with Crippen LogP contribution in [0.5, 0.6) is 0 Å². The number of carboxylic acid groups (broad SMARTS) is 1. The minimum Gasteiger partial charge on any atom is -0.481 e. The van der Waals surface area contributed by atoms with Crippen LogP contribution >= 0.6 is 24.2 Å². The number of allylic oxidation sites excluding steroid dienone is 17. The molecule has 290 valence electrons. The van der Waals surface area contributed by atoms with Gasteiger partial charge < -0.3 is 15.9 Å². The maximum absolute atomic E-state index is 10.5. The molecular formula is C46H70ClNO3S. The van der Waals surface area contributed by atoms with Crippen LogP contribution in [0.25, 0.3) is 0 Å². The first-order valence-corrected chi connectivity index (χ1v) is 19.3. The SMILES string of the molecule is C=C(C#CCC)/C=C(\C=C/C)C(N)CCC1=C(C(C)(C)O)CC=CC=C1.C=C(C)\C=C/C=C/C=C(Cl)\C=C(/C)CC.CC.CC(C)(CS)CC(=O)O. The van der Waals surface area contributed by atoms with Gasteiger partial charge in [-0.2, -0.15) is 12.6 Å². The highest BCUT2D eigenvalue weighted by Crippen LogP contribution is 2.29. The molecular weight excluding hydrogens is 682 g/mol. The predicted octanol–water partition coefficient (Wildman–Crippen LogP) is 12.7. The molecule has 6 heteroatoms. The second-order valence-corrected chi connectivity index (χ2v) is 14.2. The Balaban J connectivity index is -0.000000776. The van der Waals surface area contributed by atoms with Crippen LogP contribution in [0.4, 0.5) is 0 Å². The summed E-state index contributed by atoms with van der Waals surface area (Å²) in [5, 5.41) is 19.6. The minimum atomic E-state index is -0.829. The number of aliphatic carboxylic acids is 1. The van der Waals surface area contributed by atoms with Crippen LogP contribution in [0.2, 0.25) is 0 Å². The lowest BCUT2D eigenvalue weighted by atomic mass is 9.87. The molecule has 1 aliphatic rings. The third-order valence-corrected chi connectivity index (χ3v) is 8.22. The van der Waals surface area contributed by atoms with Gasteiger partial charge in [0.1, 0.15) is 0 Å². The van der Waals surface area contributed by atoms with Gasteiger partial charge in [0.05, 0.1) is 12.0 Å². The lowest BCUT2D eigenvalue weighted by molar-refractivity contribution is -0.138. The molecule has 0 saturated carbocycles. The number of nitrogens with two attached hydrogens (primary N) is 1. The van der Waals surface area contributed by atoms with Crippen molar-refractivity contribution >= 4 is 30.2 Å². The van der Waals surface area contributed by atoms with Crippen LogP contribution in [0, 0.1) is 17.3 Å². The molecule has 0 saturated heterocycles. The van der Waals surface area contributed by atoms with Crippen LogP contribution in [0.3, 0.4) is 0 Å². The zero-order valence-electron chi connectivity index (χ0n) is 34.2. The van der Waals surface area contributed by atoms with Crippen LogP contribution < -0.4 is 5.73 Å². The van der Waals surface area contributed by atoms with Crippen molar-refractivity contribution in [3.05, 3.63) is 131 Å². The van der Waals surface area contributed by atoms with Gasteiger partial charge >= 0.3 is 5.97 Å². The second kappa shape index (κ2) is 31.3. The smallest absolute Gasteiger partial charge is 0.303 e. The molecule has 0 heterocycles. The number of carbonyl (C=O) groups is 1. The fourth-order valence-corrected chi connectivity index (χ4v) is 4.59. The van der Waals surface area contributed by atoms with Gasteiger partial charge in [-0.1, -0.05) is 150 Å². The lowest BCUT2D eigenvalue weighted by Crippen LogP contribution is -2.25. The van der Waals surface area contributed by atoms with Crippen LogP contribution in [-0.2, 0) is 4.79 Å². The Hall–Kier alpha value is -3.27. The molecule has 4 N–H and O–H groups in total. The quantitative estimate of drug-likeness (QED) is 0.0763. The summed E-state index contributed by atoms with van der Waals surface area (Å²) in [6.45, 7) is 29.4. The summed E-state index contributed by atoms with van der Waals surface area (Å²) in [5.41, 5.74) is 11.8. The van der Waals surface area contributed by atoms with Crippen LogP contribution in [-0.4, -0.2) is 33.6 Å². The highest BCUT2D eigenvalue weighted by atomic mass is 35.5. The zero-order valence-corrected chi connectivity index (χ0v) is 35.8. The standard InChI is InChI=1S/C24H33NO.C14H19Cl.C6H12O2S.C2H6/c1-6-8-13-19(3)18-21(12-7-2)23(25)17-16-20-14-10-9-11-15-22(20)24(4,5)26;1-5-13(4)11-14(15)10-8-6-7-9-12(2)3;1-6(2,4-9)3-5(7)8;1-2/h7,9-12,14,18,23,26H,3,6,15-17,25H2,1-2,4-5H3;6-11H,2,5H2,1,3-4H3;9H,3-4H2,1-2H3,(H,7,8);1-2H3/b12-7-,21-18+;8-6+,9-7-,13-11+,14-10+;;. The Labute approximate surface area is 329 Å². The summed E-state index contributed by atoms with van der Waals surface area (Å²) in [5.74, 6) is 5.94. The first kappa shape index (κ1) is 53.1. The normalized spacial score (nSPS) is 14.4. The van der Waals surface area contributed by atoms with Crippen molar-refractivity contribution in [2.24, 2.45) is 11.1 Å². The third kappa shape index (κ3) is 30.4. The average molecular weight is 753 g/mol. The fraction of sp³-hybridized carbons (Fsp3) is 0.457. The molecule has 0 aliphatic heterocycles. The van der Waals surface area contributed by atoms with Crippen LogP contribution in [0.1, 0.15) is 115 Å². The zero-order chi connectivity index (χ0) is 40.8. The van der Waals surface area contributed by atoms with E-state index in [2.05, 4.69) is 63.6 Å². The molecule has 0 aromatic rings. The molecule has 4 nitrogen and oxygen atoms in total. The van der Waals surface area contributed by atoms with Gasteiger partial charge in [-0.25, -0.2) is 0 Å². The molecule has 1 aliphatic carbocycles. The Kier molecular flexibility index (Phi) is 31.9. The van der Waals surface area contributed by atoms with E-state index < -0.39 is 11.6 Å². The fourth-order valence-electron chi connectivity index (χ4n) is 4.22. The number of aliphatic hydroxyl groups is 1. The maximum atomic E-state index is 10.5. The summed E-state index contributed by atoms with van der Waals surface area (Å²) in [7, 11) is 0. The molecule has 0 bridgehead atoms. The van der Waals surface area contributed by atoms with Crippen molar-refractivity contribution in [3.63, 3.8) is 0 Å². The summed E-state index contributed by atoms with van der Waals surface area (Å²) >= 11 is 10.0. The first-order valence-electron chi connectivity index (χ1n) is 18.2. The van der Waals surface area contributed by atoms with E-state index in [-0.39, 0.29) is 17.9 Å². The van der Waals surface area contributed by atoms with E-state index in [0.29, 0.717) is 5.75 Å². The van der Waals surface area contributed by atoms with Gasteiger partial charge in [0.15, 0.2) is 0 Å². The highest BCUT2D eigenvalue weighted by molar-refractivity contribution is 7.80. The van der Waals surface area contributed by atoms with Gasteiger partial charge in [0.25, 0.3) is 0 Å². The Bertz CT molecular complexity index is 1430. The largest absolute Gasteiger partial charge is 0.481 e. The van der Waals surface area contributed by atoms with Gasteiger partial charge in [-0.05, 0) is 106 Å². The summed E-state index contributed by atoms with van der Waals surface area (Å²) < 4.78 is 0. The Morgan fingerprint density at radius 2 is 1.71 bits per heavy atom. The van der Waals surface area contributed by atoms with Crippen molar-refractivity contribution in [3.8, 4) is 11.8 Å². The van der Waals surface area contributed by atoms with E-state index in [1.165, 1.54) is 11.1 Å². The number of thiol groups is 1. The number of hydrogen-bond acceptors (Lipinski definition) is 4. The molecule has 1 atom stereocenters. The summed E-state index contributed by atoms with van der Waals surface area (Å²) in [4.78, 5) is 10.1. The number of hydrogen-bond donors (Lipinski definition) is 4. The molecule has 1 unspecified atom stereocenters. The van der Waals surface area contributed by atoms with E-state index in [1.54, 1.807) is 0 Å².